The Balaban J connectivity index is 2.70. The highest BCUT2D eigenvalue weighted by Gasteiger charge is 2.11. The van der Waals surface area contributed by atoms with E-state index in [4.69, 9.17) is 9.84 Å². The van der Waals surface area contributed by atoms with Gasteiger partial charge in [0, 0.05) is 19.7 Å². The second-order valence-corrected chi connectivity index (χ2v) is 4.71. The number of carboxylic acids is 1. The zero-order chi connectivity index (χ0) is 15.1. The van der Waals surface area contributed by atoms with Crippen LogP contribution in [0.4, 0.5) is 4.79 Å². The molecule has 5 heteroatoms. The Kier molecular flexibility index (Phi) is 5.77. The Morgan fingerprint density at radius 3 is 2.70 bits per heavy atom. The van der Waals surface area contributed by atoms with Crippen molar-refractivity contribution in [2.24, 2.45) is 0 Å². The average Bonchev–Trinajstić information content (AvgIpc) is 2.36. The third-order valence-corrected chi connectivity index (χ3v) is 2.44. The van der Waals surface area contributed by atoms with E-state index in [-0.39, 0.29) is 12.2 Å². The van der Waals surface area contributed by atoms with Gasteiger partial charge in [-0.1, -0.05) is 18.2 Å². The van der Waals surface area contributed by atoms with Gasteiger partial charge in [0.1, 0.15) is 0 Å². The molecule has 1 rings (SSSR count). The maximum atomic E-state index is 11.7. The first kappa shape index (κ1) is 15.8. The lowest BCUT2D eigenvalue weighted by molar-refractivity contribution is -0.131. The minimum Gasteiger partial charge on any atom is -0.478 e. The van der Waals surface area contributed by atoms with Crippen LogP contribution in [0.2, 0.25) is 0 Å². The van der Waals surface area contributed by atoms with E-state index in [0.29, 0.717) is 6.54 Å². The van der Waals surface area contributed by atoms with E-state index >= 15 is 0 Å². The fraction of sp³-hybridized carbons (Fsp3) is 0.333. The molecule has 0 atom stereocenters. The van der Waals surface area contributed by atoms with Crippen LogP contribution in [0, 0.1) is 0 Å². The minimum atomic E-state index is -0.993. The number of hydrogen-bond donors (Lipinski definition) is 1. The van der Waals surface area contributed by atoms with E-state index in [1.807, 2.05) is 18.2 Å². The molecule has 1 amide bonds. The fourth-order valence-corrected chi connectivity index (χ4v) is 1.59. The Morgan fingerprint density at radius 1 is 1.40 bits per heavy atom. The van der Waals surface area contributed by atoms with Crippen LogP contribution in [-0.4, -0.2) is 35.2 Å². The smallest absolute Gasteiger partial charge is 0.410 e. The van der Waals surface area contributed by atoms with Gasteiger partial charge in [-0.15, -0.1) is 0 Å². The highest BCUT2D eigenvalue weighted by Crippen LogP contribution is 2.10. The zero-order valence-corrected chi connectivity index (χ0v) is 11.9. The van der Waals surface area contributed by atoms with E-state index in [1.54, 1.807) is 27.0 Å². The van der Waals surface area contributed by atoms with Gasteiger partial charge in [-0.3, -0.25) is 0 Å². The van der Waals surface area contributed by atoms with Crippen molar-refractivity contribution in [1.82, 2.24) is 4.90 Å². The van der Waals surface area contributed by atoms with Gasteiger partial charge in [0.15, 0.2) is 0 Å². The highest BCUT2D eigenvalue weighted by atomic mass is 16.6. The van der Waals surface area contributed by atoms with Gasteiger partial charge in [-0.2, -0.15) is 0 Å². The number of ether oxygens (including phenoxy) is 1. The molecule has 0 radical (unpaired) electrons. The number of carboxylic acid groups (broad SMARTS) is 1. The number of nitrogens with zero attached hydrogens (tertiary/aromatic N) is 1. The van der Waals surface area contributed by atoms with Crippen molar-refractivity contribution in [3.63, 3.8) is 0 Å². The van der Waals surface area contributed by atoms with Gasteiger partial charge in [0.05, 0.1) is 6.10 Å². The summed E-state index contributed by atoms with van der Waals surface area (Å²) in [4.78, 5) is 23.6. The second kappa shape index (κ2) is 7.33. The van der Waals surface area contributed by atoms with Gasteiger partial charge in [-0.05, 0) is 37.1 Å². The van der Waals surface area contributed by atoms with Gasteiger partial charge >= 0.3 is 12.1 Å². The van der Waals surface area contributed by atoms with Crippen molar-refractivity contribution in [1.29, 1.82) is 0 Å². The first-order valence-corrected chi connectivity index (χ1v) is 6.30. The molecule has 0 aliphatic carbocycles. The molecule has 1 aromatic carbocycles. The van der Waals surface area contributed by atoms with Crippen LogP contribution in [0.25, 0.3) is 6.08 Å². The molecule has 0 aromatic heterocycles. The molecular formula is C15H19NO4. The number of rotatable bonds is 5. The Labute approximate surface area is 118 Å². The molecule has 0 spiro atoms. The summed E-state index contributed by atoms with van der Waals surface area (Å²) in [7, 11) is 1.66. The maximum Gasteiger partial charge on any atom is 0.410 e. The van der Waals surface area contributed by atoms with Crippen LogP contribution < -0.4 is 0 Å². The molecule has 0 bridgehead atoms. The van der Waals surface area contributed by atoms with Crippen molar-refractivity contribution < 1.29 is 19.4 Å². The number of amides is 1. The lowest BCUT2D eigenvalue weighted by Crippen LogP contribution is -2.29. The number of hydrogen-bond acceptors (Lipinski definition) is 3. The molecule has 0 saturated heterocycles. The fourth-order valence-electron chi connectivity index (χ4n) is 1.59. The number of carbonyl (C=O) groups excluding carboxylic acids is 1. The summed E-state index contributed by atoms with van der Waals surface area (Å²) in [6.45, 7) is 3.99. The minimum absolute atomic E-state index is 0.158. The van der Waals surface area contributed by atoms with E-state index in [9.17, 15) is 9.59 Å². The van der Waals surface area contributed by atoms with Crippen molar-refractivity contribution in [2.75, 3.05) is 7.05 Å². The summed E-state index contributed by atoms with van der Waals surface area (Å²) in [5.74, 6) is -0.993. The number of carbonyl (C=O) groups is 2. The Morgan fingerprint density at radius 2 is 2.10 bits per heavy atom. The van der Waals surface area contributed by atoms with Crippen LogP contribution in [0.3, 0.4) is 0 Å². The normalized spacial score (nSPS) is 10.8. The summed E-state index contributed by atoms with van der Waals surface area (Å²) in [6.07, 6.45) is 2.05. The van der Waals surface area contributed by atoms with E-state index < -0.39 is 5.97 Å². The van der Waals surface area contributed by atoms with E-state index in [0.717, 1.165) is 17.2 Å². The first-order chi connectivity index (χ1) is 9.38. The molecule has 108 valence electrons. The lowest BCUT2D eigenvalue weighted by atomic mass is 10.1. The number of aliphatic carboxylic acids is 1. The summed E-state index contributed by atoms with van der Waals surface area (Å²) in [5.41, 5.74) is 1.68. The predicted molar refractivity (Wildman–Crippen MR) is 76.2 cm³/mol. The van der Waals surface area contributed by atoms with Crippen molar-refractivity contribution in [3.8, 4) is 0 Å². The van der Waals surface area contributed by atoms with Crippen molar-refractivity contribution in [3.05, 3.63) is 41.5 Å². The quantitative estimate of drug-likeness (QED) is 0.840. The van der Waals surface area contributed by atoms with E-state index in [2.05, 4.69) is 0 Å². The number of benzene rings is 1. The molecule has 0 heterocycles. The van der Waals surface area contributed by atoms with Crippen LogP contribution in [0.15, 0.2) is 30.3 Å². The van der Waals surface area contributed by atoms with Gasteiger partial charge in [-0.25, -0.2) is 9.59 Å². The summed E-state index contributed by atoms with van der Waals surface area (Å²) in [5, 5.41) is 8.59. The highest BCUT2D eigenvalue weighted by molar-refractivity contribution is 5.85. The summed E-state index contributed by atoms with van der Waals surface area (Å²) >= 11 is 0. The van der Waals surface area contributed by atoms with Gasteiger partial charge < -0.3 is 14.7 Å². The maximum absolute atomic E-state index is 11.7. The SMILES string of the molecule is CC(C)OC(=O)N(C)Cc1cccc(C=CC(=O)O)c1. The molecule has 20 heavy (non-hydrogen) atoms. The van der Waals surface area contributed by atoms with Gasteiger partial charge in [0.2, 0.25) is 0 Å². The third-order valence-electron chi connectivity index (χ3n) is 2.44. The molecule has 5 nitrogen and oxygen atoms in total. The topological polar surface area (TPSA) is 66.8 Å². The summed E-state index contributed by atoms with van der Waals surface area (Å²) in [6, 6.07) is 7.32. The van der Waals surface area contributed by atoms with Gasteiger partial charge in [0.25, 0.3) is 0 Å². The predicted octanol–water partition coefficient (Wildman–Crippen LogP) is 2.76. The molecule has 1 aromatic rings. The van der Waals surface area contributed by atoms with Crippen LogP contribution in [0.5, 0.6) is 0 Å². The molecule has 0 aliphatic rings. The van der Waals surface area contributed by atoms with E-state index in [1.165, 1.54) is 11.0 Å². The van der Waals surface area contributed by atoms with Crippen molar-refractivity contribution in [2.45, 2.75) is 26.5 Å². The molecule has 0 unspecified atom stereocenters. The van der Waals surface area contributed by atoms with Crippen LogP contribution >= 0.6 is 0 Å². The standard InChI is InChI=1S/C15H19NO4/c1-11(2)20-15(19)16(3)10-13-6-4-5-12(9-13)7-8-14(17)18/h4-9,11H,10H2,1-3H3,(H,17,18). The van der Waals surface area contributed by atoms with Crippen molar-refractivity contribution >= 4 is 18.1 Å². The zero-order valence-electron chi connectivity index (χ0n) is 11.9. The first-order valence-electron chi connectivity index (χ1n) is 6.30. The average molecular weight is 277 g/mol. The Bertz CT molecular complexity index is 508. The second-order valence-electron chi connectivity index (χ2n) is 4.71. The van der Waals surface area contributed by atoms with Crippen LogP contribution in [0.1, 0.15) is 25.0 Å². The lowest BCUT2D eigenvalue weighted by Gasteiger charge is -2.18. The molecular weight excluding hydrogens is 258 g/mol. The molecule has 0 fully saturated rings. The third kappa shape index (κ3) is 5.56. The molecule has 0 aliphatic heterocycles. The monoisotopic (exact) mass is 277 g/mol. The largest absolute Gasteiger partial charge is 0.478 e. The van der Waals surface area contributed by atoms with Crippen LogP contribution in [-0.2, 0) is 16.1 Å². The molecule has 0 saturated carbocycles. The molecule has 1 N–H and O–H groups in total. The Hall–Kier alpha value is -2.30. The summed E-state index contributed by atoms with van der Waals surface area (Å²) < 4.78 is 5.09.